The normalized spacial score (nSPS) is 14.1. The van der Waals surface area contributed by atoms with E-state index in [1.807, 2.05) is 84.3 Å². The van der Waals surface area contributed by atoms with E-state index in [0.29, 0.717) is 0 Å². The van der Waals surface area contributed by atoms with Gasteiger partial charge >= 0.3 is 0 Å². The molecule has 4 rings (SSSR count). The van der Waals surface area contributed by atoms with Crippen molar-refractivity contribution >= 4 is 28.4 Å². The Morgan fingerprint density at radius 3 is 2.56 bits per heavy atom. The second kappa shape index (κ2) is 7.01. The zero-order valence-electron chi connectivity index (χ0n) is 13.4. The molecule has 2 aromatic heterocycles. The fraction of sp³-hybridized carbons (Fsp3) is 0.100. The number of hydrogen-bond acceptors (Lipinski definition) is 4. The van der Waals surface area contributed by atoms with Gasteiger partial charge in [0.15, 0.2) is 0 Å². The van der Waals surface area contributed by atoms with Crippen molar-refractivity contribution in [3.63, 3.8) is 0 Å². The van der Waals surface area contributed by atoms with Crippen LogP contribution in [0.25, 0.3) is 17.1 Å². The van der Waals surface area contributed by atoms with E-state index in [1.165, 1.54) is 11.3 Å². The molecule has 0 bridgehead atoms. The fourth-order valence-electron chi connectivity index (χ4n) is 2.83. The van der Waals surface area contributed by atoms with Gasteiger partial charge in [-0.2, -0.15) is 0 Å². The fourth-order valence-corrected chi connectivity index (χ4v) is 3.58. The van der Waals surface area contributed by atoms with E-state index in [-0.39, 0.29) is 6.04 Å². The van der Waals surface area contributed by atoms with E-state index >= 15 is 0 Å². The third-order valence-corrected chi connectivity index (χ3v) is 5.05. The lowest BCUT2D eigenvalue weighted by Crippen LogP contribution is -2.16. The maximum absolute atomic E-state index is 10.9. The molecule has 0 aliphatic heterocycles. The Morgan fingerprint density at radius 2 is 1.76 bits per heavy atom. The van der Waals surface area contributed by atoms with Gasteiger partial charge in [-0.1, -0.05) is 65.9 Å². The maximum atomic E-state index is 10.9. The van der Waals surface area contributed by atoms with Crippen LogP contribution in [-0.2, 0) is 0 Å². The summed E-state index contributed by atoms with van der Waals surface area (Å²) in [7, 11) is 0. The van der Waals surface area contributed by atoms with Crippen LogP contribution in [-0.4, -0.2) is 20.1 Å². The van der Waals surface area contributed by atoms with Crippen molar-refractivity contribution in [1.82, 2.24) is 15.0 Å². The molecule has 1 N–H and O–H groups in total. The molecule has 0 amide bonds. The molecular weight excluding hydrogens is 330 g/mol. The van der Waals surface area contributed by atoms with Gasteiger partial charge in [0.05, 0.1) is 5.52 Å². The van der Waals surface area contributed by atoms with Crippen molar-refractivity contribution in [2.75, 3.05) is 0 Å². The molecular formula is C20H17N3OS. The number of hydrogen-bond donors (Lipinski definition) is 1. The zero-order chi connectivity index (χ0) is 17.1. The smallest absolute Gasteiger partial charge is 0.114 e. The predicted molar refractivity (Wildman–Crippen MR) is 101 cm³/mol. The summed E-state index contributed by atoms with van der Waals surface area (Å²) in [5, 5.41) is 21.4. The third-order valence-electron chi connectivity index (χ3n) is 4.10. The van der Waals surface area contributed by atoms with E-state index in [0.717, 1.165) is 21.5 Å². The van der Waals surface area contributed by atoms with Crippen molar-refractivity contribution in [3.05, 3.63) is 88.6 Å². The largest absolute Gasteiger partial charge is 0.385 e. The molecule has 0 fully saturated rings. The Labute approximate surface area is 149 Å². The van der Waals surface area contributed by atoms with Gasteiger partial charge in [0.25, 0.3) is 0 Å². The second-order valence-corrected chi connectivity index (χ2v) is 6.72. The predicted octanol–water partition coefficient (Wildman–Crippen LogP) is 4.48. The highest BCUT2D eigenvalue weighted by molar-refractivity contribution is 7.10. The monoisotopic (exact) mass is 347 g/mol. The van der Waals surface area contributed by atoms with E-state index in [2.05, 4.69) is 10.3 Å². The molecule has 0 aliphatic rings. The van der Waals surface area contributed by atoms with Crippen LogP contribution in [0.2, 0.25) is 0 Å². The van der Waals surface area contributed by atoms with Crippen molar-refractivity contribution in [3.8, 4) is 0 Å². The molecule has 4 aromatic rings. The Balaban J connectivity index is 1.77. The van der Waals surface area contributed by atoms with Crippen molar-refractivity contribution in [2.45, 2.75) is 12.1 Å². The van der Waals surface area contributed by atoms with E-state index in [9.17, 15) is 5.11 Å². The minimum absolute atomic E-state index is 0.341. The number of aliphatic hydroxyl groups excluding tert-OH is 1. The van der Waals surface area contributed by atoms with Gasteiger partial charge in [-0.05, 0) is 29.1 Å². The summed E-state index contributed by atoms with van der Waals surface area (Å²) in [5.74, 6) is 0. The van der Waals surface area contributed by atoms with Crippen molar-refractivity contribution < 1.29 is 5.11 Å². The van der Waals surface area contributed by atoms with Gasteiger partial charge in [0.2, 0.25) is 0 Å². The topological polar surface area (TPSA) is 50.9 Å². The molecule has 124 valence electrons. The first-order valence-electron chi connectivity index (χ1n) is 8.07. The van der Waals surface area contributed by atoms with Crippen LogP contribution in [0, 0.1) is 0 Å². The Bertz CT molecular complexity index is 977. The summed E-state index contributed by atoms with van der Waals surface area (Å²) in [6, 6.07) is 21.4. The van der Waals surface area contributed by atoms with Crippen LogP contribution >= 0.6 is 11.3 Å². The van der Waals surface area contributed by atoms with E-state index in [4.69, 9.17) is 0 Å². The molecule has 2 heterocycles. The molecule has 0 aliphatic carbocycles. The van der Waals surface area contributed by atoms with Gasteiger partial charge < -0.3 is 5.11 Å². The number of aromatic nitrogens is 3. The first-order valence-corrected chi connectivity index (χ1v) is 8.95. The summed E-state index contributed by atoms with van der Waals surface area (Å²) >= 11 is 1.54. The molecule has 0 radical (unpaired) electrons. The number of thiophene rings is 1. The number of fused-ring (bicyclic) bond motifs is 1. The molecule has 2 atom stereocenters. The average Bonchev–Trinajstić information content (AvgIpc) is 3.33. The number of benzene rings is 2. The lowest BCUT2D eigenvalue weighted by atomic mass is 10.1. The third kappa shape index (κ3) is 3.24. The van der Waals surface area contributed by atoms with Gasteiger partial charge in [0.1, 0.15) is 17.7 Å². The number of aliphatic hydroxyl groups is 1. The summed E-state index contributed by atoms with van der Waals surface area (Å²) in [6.07, 6.45) is 3.31. The molecule has 4 nitrogen and oxygen atoms in total. The zero-order valence-corrected chi connectivity index (χ0v) is 14.3. The number of rotatable bonds is 5. The Kier molecular flexibility index (Phi) is 4.41. The van der Waals surface area contributed by atoms with E-state index < -0.39 is 6.10 Å². The lowest BCUT2D eigenvalue weighted by Gasteiger charge is -2.19. The Hall–Kier alpha value is -2.76. The summed E-state index contributed by atoms with van der Waals surface area (Å²) in [4.78, 5) is 0.905. The van der Waals surface area contributed by atoms with Gasteiger partial charge in [0, 0.05) is 4.88 Å². The van der Waals surface area contributed by atoms with Crippen LogP contribution in [0.4, 0.5) is 0 Å². The molecule has 0 saturated carbocycles. The van der Waals surface area contributed by atoms with Crippen LogP contribution < -0.4 is 0 Å². The summed E-state index contributed by atoms with van der Waals surface area (Å²) in [5.41, 5.74) is 2.80. The number of nitrogens with zero attached hydrogens (tertiary/aromatic N) is 3. The van der Waals surface area contributed by atoms with Crippen molar-refractivity contribution in [1.29, 1.82) is 0 Å². The highest BCUT2D eigenvalue weighted by Gasteiger charge is 2.24. The van der Waals surface area contributed by atoms with Gasteiger partial charge in [-0.3, -0.25) is 0 Å². The second-order valence-electron chi connectivity index (χ2n) is 5.74. The summed E-state index contributed by atoms with van der Waals surface area (Å²) in [6.45, 7) is 0. The highest BCUT2D eigenvalue weighted by atomic mass is 32.1. The van der Waals surface area contributed by atoms with Gasteiger partial charge in [-0.25, -0.2) is 4.68 Å². The quantitative estimate of drug-likeness (QED) is 0.579. The van der Waals surface area contributed by atoms with Crippen LogP contribution in [0.5, 0.6) is 0 Å². The maximum Gasteiger partial charge on any atom is 0.114 e. The van der Waals surface area contributed by atoms with Crippen molar-refractivity contribution in [2.24, 2.45) is 0 Å². The molecule has 0 spiro atoms. The first kappa shape index (κ1) is 15.7. The first-order chi connectivity index (χ1) is 12.3. The lowest BCUT2D eigenvalue weighted by molar-refractivity contribution is 0.134. The molecule has 2 aromatic carbocycles. The van der Waals surface area contributed by atoms with Crippen LogP contribution in [0.1, 0.15) is 22.6 Å². The number of para-hydroxylation sites is 1. The molecule has 0 saturated heterocycles. The highest BCUT2D eigenvalue weighted by Crippen LogP contribution is 2.32. The SMILES string of the molecule is OC(c1cccs1)C(C=Cc1ccccc1)n1nnc2ccccc21. The summed E-state index contributed by atoms with van der Waals surface area (Å²) < 4.78 is 1.79. The standard InChI is InChI=1S/C20H17N3OS/c24-20(19-11-6-14-25-19)18(13-12-15-7-2-1-3-8-15)23-17-10-5-4-9-16(17)21-22-23/h1-14,18,20,24H. The van der Waals surface area contributed by atoms with E-state index in [1.54, 1.807) is 4.68 Å². The molecule has 2 unspecified atom stereocenters. The van der Waals surface area contributed by atoms with Crippen LogP contribution in [0.3, 0.4) is 0 Å². The Morgan fingerprint density at radius 1 is 0.960 bits per heavy atom. The minimum atomic E-state index is -0.690. The molecule has 25 heavy (non-hydrogen) atoms. The average molecular weight is 347 g/mol. The van der Waals surface area contributed by atoms with Gasteiger partial charge in [-0.15, -0.1) is 16.4 Å². The van der Waals surface area contributed by atoms with Crippen LogP contribution in [0.15, 0.2) is 78.2 Å². The minimum Gasteiger partial charge on any atom is -0.385 e. The molecule has 5 heteroatoms.